The molecule has 0 spiro atoms. The summed E-state index contributed by atoms with van der Waals surface area (Å²) in [6.45, 7) is 1.14. The number of hydrogen-bond acceptors (Lipinski definition) is 6. The lowest BCUT2D eigenvalue weighted by Gasteiger charge is -2.34. The molecule has 1 unspecified atom stereocenters. The number of aromatic hydroxyl groups is 1. The molecule has 2 fully saturated rings. The normalized spacial score (nSPS) is 23.2. The second-order valence-corrected chi connectivity index (χ2v) is 9.63. The van der Waals surface area contributed by atoms with Gasteiger partial charge in [0.25, 0.3) is 5.91 Å². The van der Waals surface area contributed by atoms with Gasteiger partial charge in [0.1, 0.15) is 18.0 Å². The van der Waals surface area contributed by atoms with Crippen molar-refractivity contribution in [1.29, 1.82) is 0 Å². The number of methoxy groups -OCH3 is 1. The third kappa shape index (κ3) is 3.80. The molecule has 8 nitrogen and oxygen atoms in total. The molecule has 1 aromatic carbocycles. The number of fused-ring (bicyclic) bond motifs is 1. The van der Waals surface area contributed by atoms with E-state index in [2.05, 4.69) is 4.90 Å². The summed E-state index contributed by atoms with van der Waals surface area (Å²) in [6, 6.07) is 1.41. The third-order valence-corrected chi connectivity index (χ3v) is 7.61. The summed E-state index contributed by atoms with van der Waals surface area (Å²) in [7, 11) is -2.50. The van der Waals surface area contributed by atoms with Gasteiger partial charge in [-0.1, -0.05) is 12.8 Å². The zero-order valence-corrected chi connectivity index (χ0v) is 17.2. The predicted molar refractivity (Wildman–Crippen MR) is 104 cm³/mol. The minimum atomic E-state index is -4.21. The van der Waals surface area contributed by atoms with Crippen LogP contribution in [0.3, 0.4) is 0 Å². The highest BCUT2D eigenvalue weighted by Crippen LogP contribution is 2.39. The lowest BCUT2D eigenvalue weighted by Crippen LogP contribution is -2.40. The third-order valence-electron chi connectivity index (χ3n) is 6.23. The highest BCUT2D eigenvalue weighted by Gasteiger charge is 2.39. The maximum Gasteiger partial charge on any atom is 0.326 e. The number of nitrogens with one attached hydrogen (secondary N) is 1. The van der Waals surface area contributed by atoms with Gasteiger partial charge in [0.05, 0.1) is 6.10 Å². The Labute approximate surface area is 169 Å². The highest BCUT2D eigenvalue weighted by atomic mass is 32.2. The molecule has 3 aliphatic rings. The molecule has 10 heteroatoms. The number of amides is 1. The monoisotopic (exact) mass is 427 g/mol. The molecule has 2 heterocycles. The zero-order chi connectivity index (χ0) is 20.8. The Morgan fingerprint density at radius 3 is 2.69 bits per heavy atom. The molecule has 4 rings (SSSR count). The minimum Gasteiger partial charge on any atom is -0.506 e. The number of anilines is 1. The molecule has 1 aromatic rings. The lowest BCUT2D eigenvalue weighted by molar-refractivity contribution is -0.117. The fraction of sp³-hybridized carbons (Fsp3) is 0.632. The Hall–Kier alpha value is -1.91. The average molecular weight is 427 g/mol. The quantitative estimate of drug-likeness (QED) is 0.734. The fourth-order valence-corrected chi connectivity index (χ4v) is 5.89. The number of ether oxygens (including phenoxy) is 1. The fourth-order valence-electron chi connectivity index (χ4n) is 4.73. The van der Waals surface area contributed by atoms with Crippen molar-refractivity contribution in [3.05, 3.63) is 23.0 Å². The number of hydrogen-bond donors (Lipinski definition) is 2. The molecule has 29 heavy (non-hydrogen) atoms. The van der Waals surface area contributed by atoms with Crippen LogP contribution in [0, 0.1) is 11.7 Å². The van der Waals surface area contributed by atoms with Crippen molar-refractivity contribution in [2.45, 2.75) is 44.8 Å². The summed E-state index contributed by atoms with van der Waals surface area (Å²) in [5.41, 5.74) is 0.550. The van der Waals surface area contributed by atoms with Crippen LogP contribution in [0.5, 0.6) is 5.75 Å². The van der Waals surface area contributed by atoms with Gasteiger partial charge in [0.15, 0.2) is 5.82 Å². The number of nitrogens with zero attached hydrogens (tertiary/aromatic N) is 2. The van der Waals surface area contributed by atoms with Crippen LogP contribution in [-0.2, 0) is 32.7 Å². The topological polar surface area (TPSA) is 99.2 Å². The van der Waals surface area contributed by atoms with Gasteiger partial charge in [-0.25, -0.2) is 13.4 Å². The van der Waals surface area contributed by atoms with Crippen molar-refractivity contribution in [3.63, 3.8) is 0 Å². The van der Waals surface area contributed by atoms with Gasteiger partial charge in [-0.05, 0) is 36.8 Å². The minimum absolute atomic E-state index is 0.0829. The molecule has 1 atom stereocenters. The van der Waals surface area contributed by atoms with Crippen molar-refractivity contribution < 1.29 is 27.4 Å². The summed E-state index contributed by atoms with van der Waals surface area (Å²) >= 11 is 0. The van der Waals surface area contributed by atoms with E-state index in [4.69, 9.17) is 4.74 Å². The van der Waals surface area contributed by atoms with Gasteiger partial charge < -0.3 is 9.84 Å². The Bertz CT molecular complexity index is 917. The standard InChI is InChI=1S/C19H26FN3O5S/c1-28-16(12-4-2-3-5-12)10-22-7-6-13-8-15(24)19(18(20)14(13)9-22)23-11-17(25)21-29(23,26)27/h8,12,16,24H,2-7,9-11H2,1H3,(H,21,25). The first-order valence-electron chi connectivity index (χ1n) is 9.92. The van der Waals surface area contributed by atoms with E-state index in [1.807, 2.05) is 0 Å². The Morgan fingerprint density at radius 1 is 1.34 bits per heavy atom. The molecular weight excluding hydrogens is 401 g/mol. The number of phenols is 1. The first-order valence-corrected chi connectivity index (χ1v) is 11.4. The van der Waals surface area contributed by atoms with Crippen LogP contribution in [0.1, 0.15) is 36.8 Å². The van der Waals surface area contributed by atoms with Gasteiger partial charge in [-0.2, -0.15) is 8.42 Å². The number of carbonyl (C=O) groups excluding carboxylic acids is 1. The van der Waals surface area contributed by atoms with Crippen molar-refractivity contribution >= 4 is 21.8 Å². The molecule has 0 radical (unpaired) electrons. The molecule has 0 aromatic heterocycles. The summed E-state index contributed by atoms with van der Waals surface area (Å²) < 4.78 is 47.7. The van der Waals surface area contributed by atoms with E-state index in [-0.39, 0.29) is 6.10 Å². The van der Waals surface area contributed by atoms with Crippen LogP contribution in [0.25, 0.3) is 0 Å². The van der Waals surface area contributed by atoms with Crippen LogP contribution in [0.4, 0.5) is 10.1 Å². The molecule has 1 saturated carbocycles. The maximum atomic E-state index is 15.4. The summed E-state index contributed by atoms with van der Waals surface area (Å²) in [5, 5.41) is 10.3. The number of carbonyl (C=O) groups is 1. The summed E-state index contributed by atoms with van der Waals surface area (Å²) in [4.78, 5) is 13.6. The van der Waals surface area contributed by atoms with Gasteiger partial charge in [0, 0.05) is 32.3 Å². The molecule has 2 N–H and O–H groups in total. The largest absolute Gasteiger partial charge is 0.506 e. The molecule has 1 saturated heterocycles. The van der Waals surface area contributed by atoms with Crippen molar-refractivity contribution in [3.8, 4) is 5.75 Å². The van der Waals surface area contributed by atoms with Gasteiger partial charge >= 0.3 is 10.2 Å². The number of halogens is 1. The van der Waals surface area contributed by atoms with E-state index in [1.165, 1.54) is 18.9 Å². The van der Waals surface area contributed by atoms with Gasteiger partial charge in [-0.15, -0.1) is 0 Å². The van der Waals surface area contributed by atoms with Gasteiger partial charge in [-0.3, -0.25) is 9.69 Å². The van der Waals surface area contributed by atoms with Crippen LogP contribution in [0.15, 0.2) is 6.07 Å². The van der Waals surface area contributed by atoms with Gasteiger partial charge in [0.2, 0.25) is 0 Å². The van der Waals surface area contributed by atoms with Crippen LogP contribution in [0.2, 0.25) is 0 Å². The smallest absolute Gasteiger partial charge is 0.326 e. The highest BCUT2D eigenvalue weighted by molar-refractivity contribution is 7.92. The Kier molecular flexibility index (Phi) is 5.43. The summed E-state index contributed by atoms with van der Waals surface area (Å²) in [6.07, 6.45) is 5.33. The number of phenolic OH excluding ortho intramolecular Hbond substituents is 1. The van der Waals surface area contributed by atoms with E-state index in [0.29, 0.717) is 47.4 Å². The number of benzene rings is 1. The average Bonchev–Trinajstić information content (AvgIpc) is 3.28. The molecule has 2 aliphatic heterocycles. The predicted octanol–water partition coefficient (Wildman–Crippen LogP) is 1.28. The Morgan fingerprint density at radius 2 is 2.07 bits per heavy atom. The second kappa shape index (κ2) is 7.73. The maximum absolute atomic E-state index is 15.4. The van der Waals surface area contributed by atoms with Crippen molar-refractivity contribution in [2.24, 2.45) is 5.92 Å². The first-order chi connectivity index (χ1) is 13.8. The number of rotatable bonds is 5. The molecule has 0 bridgehead atoms. The van der Waals surface area contributed by atoms with Crippen molar-refractivity contribution in [2.75, 3.05) is 31.0 Å². The lowest BCUT2D eigenvalue weighted by atomic mass is 9.95. The first kappa shape index (κ1) is 20.4. The van der Waals surface area contributed by atoms with E-state index < -0.39 is 39.9 Å². The molecule has 160 valence electrons. The van der Waals surface area contributed by atoms with Crippen molar-refractivity contribution in [1.82, 2.24) is 9.62 Å². The molecule has 1 amide bonds. The Balaban J connectivity index is 1.60. The zero-order valence-electron chi connectivity index (χ0n) is 16.4. The van der Waals surface area contributed by atoms with E-state index >= 15 is 4.39 Å². The molecular formula is C19H26FN3O5S. The summed E-state index contributed by atoms with van der Waals surface area (Å²) in [5.74, 6) is -1.52. The van der Waals surface area contributed by atoms with Crippen LogP contribution in [-0.4, -0.2) is 57.2 Å². The van der Waals surface area contributed by atoms with E-state index in [0.717, 1.165) is 12.8 Å². The van der Waals surface area contributed by atoms with E-state index in [9.17, 15) is 18.3 Å². The van der Waals surface area contributed by atoms with Crippen LogP contribution >= 0.6 is 0 Å². The molecule has 1 aliphatic carbocycles. The van der Waals surface area contributed by atoms with E-state index in [1.54, 1.807) is 11.8 Å². The second-order valence-electron chi connectivity index (χ2n) is 8.04. The SMILES string of the molecule is COC(CN1CCc2cc(O)c(N3CC(=O)NS3(=O)=O)c(F)c2C1)C1CCCC1. The van der Waals surface area contributed by atoms with Crippen LogP contribution < -0.4 is 9.03 Å².